The lowest BCUT2D eigenvalue weighted by Gasteiger charge is -2.07. The third-order valence-electron chi connectivity index (χ3n) is 3.49. The van der Waals surface area contributed by atoms with Gasteiger partial charge in [0.25, 0.3) is 5.91 Å². The number of carbonyl (C=O) groups excluding carboxylic acids is 2. The molecule has 0 atom stereocenters. The standard InChI is InChI=1S/C17H24N6O2S/c1-10-9-11(2)20-16(19-10)18-8-6-7-13(24)22-17-21-12(3)14(26-17)15(25)23(4)5/h9H,6-8H2,1-5H3,(H,18,19,20)(H,21,22,24). The average Bonchev–Trinajstić information content (AvgIpc) is 2.90. The van der Waals surface area contributed by atoms with Crippen LogP contribution in [-0.4, -0.2) is 52.3 Å². The molecule has 0 saturated carbocycles. The van der Waals surface area contributed by atoms with Gasteiger partial charge in [-0.3, -0.25) is 9.59 Å². The molecular formula is C17H24N6O2S. The van der Waals surface area contributed by atoms with E-state index in [9.17, 15) is 9.59 Å². The number of hydrogen-bond acceptors (Lipinski definition) is 7. The maximum Gasteiger partial charge on any atom is 0.265 e. The van der Waals surface area contributed by atoms with Gasteiger partial charge in [0.05, 0.1) is 5.69 Å². The number of hydrogen-bond donors (Lipinski definition) is 2. The molecule has 9 heteroatoms. The van der Waals surface area contributed by atoms with Crippen molar-refractivity contribution in [3.63, 3.8) is 0 Å². The maximum atomic E-state index is 12.1. The Labute approximate surface area is 157 Å². The predicted molar refractivity (Wildman–Crippen MR) is 103 cm³/mol. The molecule has 0 unspecified atom stereocenters. The van der Waals surface area contributed by atoms with E-state index in [0.717, 1.165) is 11.4 Å². The van der Waals surface area contributed by atoms with Crippen LogP contribution in [0.2, 0.25) is 0 Å². The number of nitrogens with one attached hydrogen (secondary N) is 2. The van der Waals surface area contributed by atoms with Crippen LogP contribution in [-0.2, 0) is 4.79 Å². The van der Waals surface area contributed by atoms with Crippen molar-refractivity contribution in [3.8, 4) is 0 Å². The monoisotopic (exact) mass is 376 g/mol. The van der Waals surface area contributed by atoms with Gasteiger partial charge in [0, 0.05) is 38.4 Å². The zero-order valence-electron chi connectivity index (χ0n) is 15.7. The largest absolute Gasteiger partial charge is 0.354 e. The highest BCUT2D eigenvalue weighted by Crippen LogP contribution is 2.23. The zero-order valence-corrected chi connectivity index (χ0v) is 16.5. The second-order valence-electron chi connectivity index (χ2n) is 6.19. The molecule has 0 bridgehead atoms. The third kappa shape index (κ3) is 5.48. The smallest absolute Gasteiger partial charge is 0.265 e. The molecule has 2 aromatic heterocycles. The van der Waals surface area contributed by atoms with Gasteiger partial charge in [-0.1, -0.05) is 11.3 Å². The fourth-order valence-electron chi connectivity index (χ4n) is 2.29. The summed E-state index contributed by atoms with van der Waals surface area (Å²) in [6, 6.07) is 1.91. The fraction of sp³-hybridized carbons (Fsp3) is 0.471. The maximum absolute atomic E-state index is 12.1. The Balaban J connectivity index is 1.80. The Morgan fingerprint density at radius 3 is 2.38 bits per heavy atom. The van der Waals surface area contributed by atoms with E-state index < -0.39 is 0 Å². The van der Waals surface area contributed by atoms with Crippen LogP contribution in [0.25, 0.3) is 0 Å². The Hall–Kier alpha value is -2.55. The van der Waals surface area contributed by atoms with Crippen LogP contribution in [0.3, 0.4) is 0 Å². The van der Waals surface area contributed by atoms with Gasteiger partial charge >= 0.3 is 0 Å². The highest BCUT2D eigenvalue weighted by molar-refractivity contribution is 7.17. The van der Waals surface area contributed by atoms with Crippen molar-refractivity contribution in [3.05, 3.63) is 28.0 Å². The molecule has 0 spiro atoms. The Bertz CT molecular complexity index is 782. The topological polar surface area (TPSA) is 100 Å². The van der Waals surface area contributed by atoms with Crippen LogP contribution in [0.15, 0.2) is 6.07 Å². The number of nitrogens with zero attached hydrogens (tertiary/aromatic N) is 4. The minimum atomic E-state index is -0.134. The van der Waals surface area contributed by atoms with E-state index in [1.807, 2.05) is 19.9 Å². The molecule has 0 radical (unpaired) electrons. The average molecular weight is 376 g/mol. The number of carbonyl (C=O) groups is 2. The number of amides is 2. The van der Waals surface area contributed by atoms with Crippen LogP contribution in [0.4, 0.5) is 11.1 Å². The van der Waals surface area contributed by atoms with Crippen molar-refractivity contribution in [2.75, 3.05) is 31.3 Å². The molecule has 0 aromatic carbocycles. The summed E-state index contributed by atoms with van der Waals surface area (Å²) in [5.74, 6) is 0.328. The van der Waals surface area contributed by atoms with Gasteiger partial charge in [-0.2, -0.15) is 0 Å². The molecule has 2 heterocycles. The Morgan fingerprint density at radius 1 is 1.12 bits per heavy atom. The number of aromatic nitrogens is 3. The minimum Gasteiger partial charge on any atom is -0.354 e. The number of rotatable bonds is 7. The van der Waals surface area contributed by atoms with Gasteiger partial charge in [0.15, 0.2) is 5.13 Å². The summed E-state index contributed by atoms with van der Waals surface area (Å²) >= 11 is 1.19. The molecule has 0 aliphatic carbocycles. The first-order valence-electron chi connectivity index (χ1n) is 8.31. The van der Waals surface area contributed by atoms with E-state index in [1.54, 1.807) is 21.0 Å². The molecule has 0 aliphatic rings. The van der Waals surface area contributed by atoms with Crippen LogP contribution in [0, 0.1) is 20.8 Å². The molecule has 0 aliphatic heterocycles. The van der Waals surface area contributed by atoms with E-state index in [1.165, 1.54) is 16.2 Å². The molecule has 2 aromatic rings. The number of aryl methyl sites for hydroxylation is 3. The summed E-state index contributed by atoms with van der Waals surface area (Å²) in [5, 5.41) is 6.32. The van der Waals surface area contributed by atoms with E-state index in [2.05, 4.69) is 25.6 Å². The van der Waals surface area contributed by atoms with Gasteiger partial charge in [-0.25, -0.2) is 15.0 Å². The predicted octanol–water partition coefficient (Wildman–Crippen LogP) is 2.39. The van der Waals surface area contributed by atoms with Gasteiger partial charge in [-0.15, -0.1) is 0 Å². The first-order chi connectivity index (χ1) is 12.3. The van der Waals surface area contributed by atoms with Crippen molar-refractivity contribution < 1.29 is 9.59 Å². The van der Waals surface area contributed by atoms with Crippen molar-refractivity contribution in [2.45, 2.75) is 33.6 Å². The SMILES string of the molecule is Cc1cc(C)nc(NCCCC(=O)Nc2nc(C)c(C(=O)N(C)C)s2)n1. The molecule has 140 valence electrons. The minimum absolute atomic E-state index is 0.113. The lowest BCUT2D eigenvalue weighted by Crippen LogP contribution is -2.21. The van der Waals surface area contributed by atoms with Gasteiger partial charge in [0.1, 0.15) is 4.88 Å². The molecule has 0 fully saturated rings. The quantitative estimate of drug-likeness (QED) is 0.720. The summed E-state index contributed by atoms with van der Waals surface area (Å²) in [7, 11) is 3.37. The van der Waals surface area contributed by atoms with E-state index in [4.69, 9.17) is 0 Å². The molecular weight excluding hydrogens is 352 g/mol. The molecule has 26 heavy (non-hydrogen) atoms. The summed E-state index contributed by atoms with van der Waals surface area (Å²) < 4.78 is 0. The molecule has 2 amide bonds. The van der Waals surface area contributed by atoms with Crippen LogP contribution in [0.1, 0.15) is 39.6 Å². The zero-order chi connectivity index (χ0) is 19.3. The fourth-order valence-corrected chi connectivity index (χ4v) is 3.29. The molecule has 8 nitrogen and oxygen atoms in total. The van der Waals surface area contributed by atoms with Crippen LogP contribution < -0.4 is 10.6 Å². The van der Waals surface area contributed by atoms with E-state index in [-0.39, 0.29) is 11.8 Å². The number of anilines is 2. The van der Waals surface area contributed by atoms with E-state index in [0.29, 0.717) is 41.0 Å². The first kappa shape index (κ1) is 19.8. The van der Waals surface area contributed by atoms with Crippen LogP contribution in [0.5, 0.6) is 0 Å². The van der Waals surface area contributed by atoms with Crippen molar-refractivity contribution in [1.29, 1.82) is 0 Å². The Kier molecular flexibility index (Phi) is 6.62. The molecule has 0 saturated heterocycles. The van der Waals surface area contributed by atoms with Gasteiger partial charge in [0.2, 0.25) is 11.9 Å². The van der Waals surface area contributed by atoms with Gasteiger partial charge in [-0.05, 0) is 33.3 Å². The van der Waals surface area contributed by atoms with E-state index >= 15 is 0 Å². The summed E-state index contributed by atoms with van der Waals surface area (Å²) in [4.78, 5) is 39.0. The van der Waals surface area contributed by atoms with Crippen molar-refractivity contribution in [1.82, 2.24) is 19.9 Å². The lowest BCUT2D eigenvalue weighted by molar-refractivity contribution is -0.116. The first-order valence-corrected chi connectivity index (χ1v) is 9.13. The highest BCUT2D eigenvalue weighted by Gasteiger charge is 2.17. The second kappa shape index (κ2) is 8.70. The van der Waals surface area contributed by atoms with Crippen LogP contribution >= 0.6 is 11.3 Å². The molecule has 2 rings (SSSR count). The number of thiazole rings is 1. The summed E-state index contributed by atoms with van der Waals surface area (Å²) in [6.07, 6.45) is 0.976. The highest BCUT2D eigenvalue weighted by atomic mass is 32.1. The van der Waals surface area contributed by atoms with Crippen molar-refractivity contribution in [2.24, 2.45) is 0 Å². The van der Waals surface area contributed by atoms with Crippen molar-refractivity contribution >= 4 is 34.2 Å². The Morgan fingerprint density at radius 2 is 1.77 bits per heavy atom. The summed E-state index contributed by atoms with van der Waals surface area (Å²) in [5.41, 5.74) is 2.43. The second-order valence-corrected chi connectivity index (χ2v) is 7.19. The van der Waals surface area contributed by atoms with Gasteiger partial charge < -0.3 is 15.5 Å². The molecule has 2 N–H and O–H groups in total. The lowest BCUT2D eigenvalue weighted by atomic mass is 10.3. The third-order valence-corrected chi connectivity index (χ3v) is 4.55. The normalized spacial score (nSPS) is 10.5. The summed E-state index contributed by atoms with van der Waals surface area (Å²) in [6.45, 7) is 6.19.